The second-order valence-corrected chi connectivity index (χ2v) is 7.29. The van der Waals surface area contributed by atoms with Gasteiger partial charge in [-0.1, -0.05) is 0 Å². The Labute approximate surface area is 192 Å². The second kappa shape index (κ2) is 8.62. The maximum atomic E-state index is 13.1. The Bertz CT molecular complexity index is 1440. The Morgan fingerprint density at radius 2 is 1.88 bits per heavy atom. The van der Waals surface area contributed by atoms with E-state index in [-0.39, 0.29) is 23.8 Å². The Morgan fingerprint density at radius 3 is 2.65 bits per heavy atom. The molecule has 1 aliphatic heterocycles. The van der Waals surface area contributed by atoms with Gasteiger partial charge in [-0.3, -0.25) is 14.3 Å². The average molecular weight is 460 g/mol. The molecule has 0 saturated carbocycles. The number of carbonyl (C=O) groups is 1. The summed E-state index contributed by atoms with van der Waals surface area (Å²) in [5, 5.41) is 5.90. The second-order valence-electron chi connectivity index (χ2n) is 7.29. The first kappa shape index (κ1) is 21.1. The molecule has 4 aromatic rings. The van der Waals surface area contributed by atoms with E-state index in [0.717, 1.165) is 0 Å². The lowest BCUT2D eigenvalue weighted by Crippen LogP contribution is -2.25. The number of rotatable bonds is 5. The Morgan fingerprint density at radius 1 is 1.06 bits per heavy atom. The van der Waals surface area contributed by atoms with Crippen LogP contribution in [-0.4, -0.2) is 32.0 Å². The number of nitrogens with one attached hydrogen (secondary N) is 2. The van der Waals surface area contributed by atoms with E-state index in [1.165, 1.54) is 35.3 Å². The van der Waals surface area contributed by atoms with Gasteiger partial charge in [0.2, 0.25) is 11.8 Å². The zero-order valence-electron chi connectivity index (χ0n) is 17.8. The molecule has 4 heterocycles. The number of nitrogens with zero attached hydrogens (tertiary/aromatic N) is 4. The highest BCUT2D eigenvalue weighted by Gasteiger charge is 2.22. The SMILES string of the molecule is Cn1c(Nc2ccc(F)cc2)ncc(-c2ccc(Oc3ccnc4c3NCC(=O)O4)cn2)c1=O. The number of esters is 1. The maximum absolute atomic E-state index is 13.1. The van der Waals surface area contributed by atoms with Crippen molar-refractivity contribution < 1.29 is 18.7 Å². The lowest BCUT2D eigenvalue weighted by molar-refractivity contribution is -0.133. The minimum atomic E-state index is -0.433. The van der Waals surface area contributed by atoms with Crippen molar-refractivity contribution in [3.8, 4) is 28.6 Å². The normalized spacial score (nSPS) is 12.4. The lowest BCUT2D eigenvalue weighted by atomic mass is 10.2. The average Bonchev–Trinajstić information content (AvgIpc) is 2.84. The van der Waals surface area contributed by atoms with Crippen LogP contribution in [0.25, 0.3) is 11.3 Å². The van der Waals surface area contributed by atoms with Crippen LogP contribution in [0.4, 0.5) is 21.7 Å². The number of carbonyl (C=O) groups excluding carboxylic acids is 1. The number of halogens is 1. The summed E-state index contributed by atoms with van der Waals surface area (Å²) in [5.74, 6) is 0.483. The molecule has 2 N–H and O–H groups in total. The van der Waals surface area contributed by atoms with Crippen LogP contribution >= 0.6 is 0 Å². The predicted molar refractivity (Wildman–Crippen MR) is 121 cm³/mol. The van der Waals surface area contributed by atoms with Crippen molar-refractivity contribution in [1.82, 2.24) is 19.5 Å². The van der Waals surface area contributed by atoms with E-state index in [9.17, 15) is 14.0 Å². The molecule has 0 aliphatic carbocycles. The lowest BCUT2D eigenvalue weighted by Gasteiger charge is -2.19. The monoisotopic (exact) mass is 460 g/mol. The van der Waals surface area contributed by atoms with E-state index in [1.54, 1.807) is 37.4 Å². The third kappa shape index (κ3) is 4.13. The van der Waals surface area contributed by atoms with Crippen molar-refractivity contribution in [2.45, 2.75) is 0 Å². The molecule has 0 fully saturated rings. The fraction of sp³-hybridized carbons (Fsp3) is 0.0870. The van der Waals surface area contributed by atoms with Crippen LogP contribution in [0.1, 0.15) is 0 Å². The van der Waals surface area contributed by atoms with E-state index >= 15 is 0 Å². The molecule has 11 heteroatoms. The van der Waals surface area contributed by atoms with E-state index in [1.807, 2.05) is 0 Å². The molecule has 10 nitrogen and oxygen atoms in total. The molecule has 170 valence electrons. The minimum absolute atomic E-state index is 0.00848. The third-order valence-corrected chi connectivity index (χ3v) is 5.01. The van der Waals surface area contributed by atoms with Crippen LogP contribution in [0, 0.1) is 5.82 Å². The van der Waals surface area contributed by atoms with Gasteiger partial charge in [0.1, 0.15) is 23.8 Å². The molecule has 34 heavy (non-hydrogen) atoms. The van der Waals surface area contributed by atoms with Crippen molar-refractivity contribution >= 4 is 23.3 Å². The number of fused-ring (bicyclic) bond motifs is 1. The summed E-state index contributed by atoms with van der Waals surface area (Å²) in [6, 6.07) is 10.7. The highest BCUT2D eigenvalue weighted by Crippen LogP contribution is 2.37. The van der Waals surface area contributed by atoms with Gasteiger partial charge in [0.15, 0.2) is 5.75 Å². The van der Waals surface area contributed by atoms with E-state index < -0.39 is 5.97 Å². The van der Waals surface area contributed by atoms with Crippen molar-refractivity contribution in [3.05, 3.63) is 77.2 Å². The van der Waals surface area contributed by atoms with Gasteiger partial charge in [0.05, 0.1) is 17.5 Å². The van der Waals surface area contributed by atoms with E-state index in [4.69, 9.17) is 9.47 Å². The minimum Gasteiger partial charge on any atom is -0.453 e. The van der Waals surface area contributed by atoms with Crippen molar-refractivity contribution in [3.63, 3.8) is 0 Å². The topological polar surface area (TPSA) is 120 Å². The Hall–Kier alpha value is -4.80. The molecule has 0 radical (unpaired) electrons. The maximum Gasteiger partial charge on any atom is 0.332 e. The fourth-order valence-electron chi connectivity index (χ4n) is 3.28. The first-order valence-corrected chi connectivity index (χ1v) is 10.1. The number of ether oxygens (including phenoxy) is 2. The van der Waals surface area contributed by atoms with E-state index in [2.05, 4.69) is 25.6 Å². The van der Waals surface area contributed by atoms with Gasteiger partial charge in [0.25, 0.3) is 5.56 Å². The van der Waals surface area contributed by atoms with Crippen molar-refractivity contribution in [1.29, 1.82) is 0 Å². The molecule has 0 saturated heterocycles. The van der Waals surface area contributed by atoms with Gasteiger partial charge < -0.3 is 20.1 Å². The molecule has 0 bridgehead atoms. The zero-order valence-corrected chi connectivity index (χ0v) is 17.8. The standard InChI is InChI=1S/C23H17FN6O4/c1-30-22(32)16(11-28-23(30)29-14-4-2-13(24)3-5-14)17-7-6-15(10-26-17)33-18-8-9-25-21-20(18)27-12-19(31)34-21/h2-11,27H,12H2,1H3,(H,28,29). The number of benzene rings is 1. The van der Waals surface area contributed by atoms with Crippen LogP contribution in [0.15, 0.2) is 65.8 Å². The highest BCUT2D eigenvalue weighted by atomic mass is 19.1. The van der Waals surface area contributed by atoms with Crippen LogP contribution in [0.3, 0.4) is 0 Å². The molecule has 1 aromatic carbocycles. The third-order valence-electron chi connectivity index (χ3n) is 5.01. The number of pyridine rings is 2. The molecule has 5 rings (SSSR count). The molecule has 0 atom stereocenters. The quantitative estimate of drug-likeness (QED) is 0.433. The van der Waals surface area contributed by atoms with Crippen LogP contribution in [0.5, 0.6) is 17.4 Å². The number of anilines is 3. The summed E-state index contributed by atoms with van der Waals surface area (Å²) >= 11 is 0. The summed E-state index contributed by atoms with van der Waals surface area (Å²) in [5.41, 5.74) is 1.47. The van der Waals surface area contributed by atoms with Gasteiger partial charge in [-0.2, -0.15) is 0 Å². The fourth-order valence-corrected chi connectivity index (χ4v) is 3.28. The van der Waals surface area contributed by atoms with Gasteiger partial charge in [-0.05, 0) is 36.4 Å². The molecule has 0 unspecified atom stereocenters. The van der Waals surface area contributed by atoms with Crippen LogP contribution < -0.4 is 25.7 Å². The number of aromatic nitrogens is 4. The molecule has 0 spiro atoms. The smallest absolute Gasteiger partial charge is 0.332 e. The zero-order chi connectivity index (χ0) is 23.7. The van der Waals surface area contributed by atoms with Gasteiger partial charge >= 0.3 is 5.97 Å². The summed E-state index contributed by atoms with van der Waals surface area (Å²) in [6.07, 6.45) is 4.36. The van der Waals surface area contributed by atoms with Crippen molar-refractivity contribution in [2.75, 3.05) is 17.2 Å². The summed E-state index contributed by atoms with van der Waals surface area (Å²) in [6.45, 7) is 0.00848. The van der Waals surface area contributed by atoms with Gasteiger partial charge in [0, 0.05) is 31.2 Å². The molecule has 0 amide bonds. The first-order valence-electron chi connectivity index (χ1n) is 10.1. The largest absolute Gasteiger partial charge is 0.453 e. The first-order chi connectivity index (χ1) is 16.5. The number of hydrogen-bond donors (Lipinski definition) is 2. The van der Waals surface area contributed by atoms with Gasteiger partial charge in [-0.15, -0.1) is 0 Å². The highest BCUT2D eigenvalue weighted by molar-refractivity contribution is 5.84. The molecule has 3 aromatic heterocycles. The number of hydrogen-bond acceptors (Lipinski definition) is 9. The van der Waals surface area contributed by atoms with Crippen molar-refractivity contribution in [2.24, 2.45) is 7.05 Å². The van der Waals surface area contributed by atoms with Crippen LogP contribution in [0.2, 0.25) is 0 Å². The van der Waals surface area contributed by atoms with E-state index in [0.29, 0.717) is 40.1 Å². The summed E-state index contributed by atoms with van der Waals surface area (Å²) in [7, 11) is 1.58. The molecular formula is C23H17FN6O4. The molecule has 1 aliphatic rings. The Balaban J connectivity index is 1.36. The predicted octanol–water partition coefficient (Wildman–Crippen LogP) is 3.24. The molecular weight excluding hydrogens is 443 g/mol. The van der Waals surface area contributed by atoms with Gasteiger partial charge in [-0.25, -0.2) is 19.2 Å². The van der Waals surface area contributed by atoms with Crippen LogP contribution in [-0.2, 0) is 11.8 Å². The summed E-state index contributed by atoms with van der Waals surface area (Å²) in [4.78, 5) is 37.0. The summed E-state index contributed by atoms with van der Waals surface area (Å²) < 4.78 is 25.4. The Kier molecular flexibility index (Phi) is 5.34.